The monoisotopic (exact) mass is 349 g/mol. The molecule has 0 saturated carbocycles. The molecule has 2 unspecified atom stereocenters. The Morgan fingerprint density at radius 2 is 2.08 bits per heavy atom. The molecule has 24 heavy (non-hydrogen) atoms. The number of rotatable bonds is 4. The van der Waals surface area contributed by atoms with Crippen molar-refractivity contribution >= 4 is 35.9 Å². The number of halogens is 1. The summed E-state index contributed by atoms with van der Waals surface area (Å²) in [6, 6.07) is 5.91. The van der Waals surface area contributed by atoms with Gasteiger partial charge in [-0.15, -0.1) is 0 Å². The summed E-state index contributed by atoms with van der Waals surface area (Å²) in [6.07, 6.45) is 1.50. The van der Waals surface area contributed by atoms with Gasteiger partial charge in [0, 0.05) is 23.6 Å². The van der Waals surface area contributed by atoms with Gasteiger partial charge in [-0.25, -0.2) is 9.18 Å². The molecule has 1 amide bonds. The molecular formula is C17H20FN3O2S. The molecular weight excluding hydrogens is 329 g/mol. The molecule has 3 atom stereocenters. The lowest BCUT2D eigenvalue weighted by molar-refractivity contribution is 0.145. The van der Waals surface area contributed by atoms with Crippen molar-refractivity contribution in [3.63, 3.8) is 0 Å². The fraction of sp³-hybridized carbons (Fsp3) is 0.529. The van der Waals surface area contributed by atoms with Crippen molar-refractivity contribution < 1.29 is 13.9 Å². The van der Waals surface area contributed by atoms with E-state index >= 15 is 0 Å². The highest BCUT2D eigenvalue weighted by Crippen LogP contribution is 2.40. The van der Waals surface area contributed by atoms with Crippen molar-refractivity contribution in [3.8, 4) is 0 Å². The van der Waals surface area contributed by atoms with E-state index in [1.165, 1.54) is 11.0 Å². The minimum Gasteiger partial charge on any atom is -0.442 e. The van der Waals surface area contributed by atoms with Gasteiger partial charge in [0.2, 0.25) is 0 Å². The zero-order valence-corrected chi connectivity index (χ0v) is 14.2. The molecule has 128 valence electrons. The Labute approximate surface area is 144 Å². The molecule has 0 aliphatic carbocycles. The van der Waals surface area contributed by atoms with Crippen LogP contribution < -0.4 is 9.80 Å². The van der Waals surface area contributed by atoms with Gasteiger partial charge < -0.3 is 9.64 Å². The van der Waals surface area contributed by atoms with Gasteiger partial charge in [0.1, 0.15) is 11.9 Å². The van der Waals surface area contributed by atoms with E-state index in [4.69, 9.17) is 4.74 Å². The first-order chi connectivity index (χ1) is 11.7. The summed E-state index contributed by atoms with van der Waals surface area (Å²) in [6.45, 7) is 4.15. The lowest BCUT2D eigenvalue weighted by Gasteiger charge is -2.36. The third kappa shape index (κ3) is 2.64. The van der Waals surface area contributed by atoms with Gasteiger partial charge in [-0.05, 0) is 37.8 Å². The van der Waals surface area contributed by atoms with Gasteiger partial charge in [-0.2, -0.15) is 11.8 Å². The SMILES string of the molecule is C=NC[C@H]1CN(c2ccc(N3C4CCC3CSC4)c(F)c2)C(=O)O1. The summed E-state index contributed by atoms with van der Waals surface area (Å²) < 4.78 is 20.0. The van der Waals surface area contributed by atoms with E-state index in [9.17, 15) is 9.18 Å². The molecule has 1 aromatic carbocycles. The number of aliphatic imine (C=N–C) groups is 1. The standard InChI is InChI=1S/C17H20FN3O2S/c1-19-7-14-8-20(17(22)23-14)11-4-5-16(15(18)6-11)21-12-2-3-13(21)10-24-9-12/h4-6,12-14H,1-3,7-10H2/t12?,13?,14-/m0/s1. The number of anilines is 2. The van der Waals surface area contributed by atoms with Crippen molar-refractivity contribution in [1.29, 1.82) is 0 Å². The minimum atomic E-state index is -0.453. The second-order valence-corrected chi connectivity index (χ2v) is 7.56. The number of carbonyl (C=O) groups is 1. The van der Waals surface area contributed by atoms with Gasteiger partial charge in [0.15, 0.2) is 0 Å². The molecule has 5 nitrogen and oxygen atoms in total. The summed E-state index contributed by atoms with van der Waals surface area (Å²) in [5.74, 6) is 1.85. The normalized spacial score (nSPS) is 29.0. The van der Waals surface area contributed by atoms with E-state index in [0.717, 1.165) is 24.3 Å². The highest BCUT2D eigenvalue weighted by molar-refractivity contribution is 7.99. The van der Waals surface area contributed by atoms with E-state index in [-0.39, 0.29) is 11.9 Å². The zero-order chi connectivity index (χ0) is 16.7. The largest absolute Gasteiger partial charge is 0.442 e. The van der Waals surface area contributed by atoms with Gasteiger partial charge in [0.25, 0.3) is 0 Å². The van der Waals surface area contributed by atoms with Crippen LogP contribution in [0.15, 0.2) is 23.2 Å². The molecule has 0 aromatic heterocycles. The summed E-state index contributed by atoms with van der Waals surface area (Å²) in [5, 5.41) is 0. The third-order valence-corrected chi connectivity index (χ3v) is 6.21. The van der Waals surface area contributed by atoms with Gasteiger partial charge >= 0.3 is 6.09 Å². The maximum Gasteiger partial charge on any atom is 0.414 e. The number of thioether (sulfide) groups is 1. The maximum absolute atomic E-state index is 14.8. The number of cyclic esters (lactones) is 1. The minimum absolute atomic E-state index is 0.269. The van der Waals surface area contributed by atoms with Crippen LogP contribution in [0.4, 0.5) is 20.6 Å². The number of hydrogen-bond acceptors (Lipinski definition) is 5. The fourth-order valence-electron chi connectivity index (χ4n) is 3.87. The Morgan fingerprint density at radius 3 is 2.75 bits per heavy atom. The predicted octanol–water partition coefficient (Wildman–Crippen LogP) is 2.94. The smallest absolute Gasteiger partial charge is 0.414 e. The van der Waals surface area contributed by atoms with Crippen LogP contribution in [0.5, 0.6) is 0 Å². The van der Waals surface area contributed by atoms with Crippen molar-refractivity contribution in [2.24, 2.45) is 4.99 Å². The molecule has 0 N–H and O–H groups in total. The predicted molar refractivity (Wildman–Crippen MR) is 95.0 cm³/mol. The van der Waals surface area contributed by atoms with E-state index < -0.39 is 6.09 Å². The summed E-state index contributed by atoms with van der Waals surface area (Å²) in [7, 11) is 0. The number of carbonyl (C=O) groups excluding carboxylic acids is 1. The molecule has 7 heteroatoms. The van der Waals surface area contributed by atoms with Crippen LogP contribution in [0.3, 0.4) is 0 Å². The van der Waals surface area contributed by atoms with Crippen LogP contribution in [0, 0.1) is 5.82 Å². The zero-order valence-electron chi connectivity index (χ0n) is 13.4. The molecule has 3 fully saturated rings. The van der Waals surface area contributed by atoms with Crippen molar-refractivity contribution in [3.05, 3.63) is 24.0 Å². The Kier molecular flexibility index (Phi) is 4.12. The molecule has 0 radical (unpaired) electrons. The second-order valence-electron chi connectivity index (χ2n) is 6.49. The summed E-state index contributed by atoms with van der Waals surface area (Å²) in [4.78, 5) is 19.4. The second kappa shape index (κ2) is 6.27. The highest BCUT2D eigenvalue weighted by Gasteiger charge is 2.38. The average Bonchev–Trinajstić information content (AvgIpc) is 3.04. The summed E-state index contributed by atoms with van der Waals surface area (Å²) >= 11 is 1.96. The van der Waals surface area contributed by atoms with E-state index in [1.807, 2.05) is 17.8 Å². The number of amides is 1. The number of benzene rings is 1. The van der Waals surface area contributed by atoms with E-state index in [1.54, 1.807) is 6.07 Å². The van der Waals surface area contributed by atoms with Crippen molar-refractivity contribution in [2.75, 3.05) is 34.4 Å². The first kappa shape index (κ1) is 15.7. The van der Waals surface area contributed by atoms with E-state index in [2.05, 4.69) is 16.6 Å². The molecule has 3 aliphatic heterocycles. The fourth-order valence-corrected chi connectivity index (χ4v) is 5.20. The molecule has 0 spiro atoms. The van der Waals surface area contributed by atoms with Crippen LogP contribution in [-0.4, -0.2) is 55.6 Å². The van der Waals surface area contributed by atoms with Crippen LogP contribution in [0.1, 0.15) is 12.8 Å². The molecule has 1 aromatic rings. The van der Waals surface area contributed by atoms with Crippen molar-refractivity contribution in [1.82, 2.24) is 0 Å². The quantitative estimate of drug-likeness (QED) is 0.784. The molecule has 3 heterocycles. The lowest BCUT2D eigenvalue weighted by Crippen LogP contribution is -2.43. The number of ether oxygens (including phenoxy) is 1. The molecule has 3 saturated heterocycles. The van der Waals surface area contributed by atoms with Gasteiger partial charge in [-0.1, -0.05) is 0 Å². The summed E-state index contributed by atoms with van der Waals surface area (Å²) in [5.41, 5.74) is 1.19. The van der Waals surface area contributed by atoms with Crippen LogP contribution in [-0.2, 0) is 4.74 Å². The first-order valence-electron chi connectivity index (χ1n) is 8.23. The molecule has 2 bridgehead atoms. The Balaban J connectivity index is 1.57. The first-order valence-corrected chi connectivity index (χ1v) is 9.39. The number of nitrogens with zero attached hydrogens (tertiary/aromatic N) is 3. The lowest BCUT2D eigenvalue weighted by atomic mass is 10.2. The number of hydrogen-bond donors (Lipinski definition) is 0. The third-order valence-electron chi connectivity index (χ3n) is 4.97. The maximum atomic E-state index is 14.8. The molecule has 3 aliphatic rings. The van der Waals surface area contributed by atoms with Crippen LogP contribution in [0.25, 0.3) is 0 Å². The van der Waals surface area contributed by atoms with Gasteiger partial charge in [-0.3, -0.25) is 9.89 Å². The molecule has 4 rings (SSSR count). The van der Waals surface area contributed by atoms with Crippen LogP contribution in [0.2, 0.25) is 0 Å². The number of fused-ring (bicyclic) bond motifs is 2. The van der Waals surface area contributed by atoms with Crippen molar-refractivity contribution in [2.45, 2.75) is 31.0 Å². The topological polar surface area (TPSA) is 45.1 Å². The Hall–Kier alpha value is -1.76. The van der Waals surface area contributed by atoms with E-state index in [0.29, 0.717) is 36.5 Å². The highest BCUT2D eigenvalue weighted by atomic mass is 32.2. The van der Waals surface area contributed by atoms with Crippen LogP contribution >= 0.6 is 11.8 Å². The average molecular weight is 349 g/mol. The van der Waals surface area contributed by atoms with Gasteiger partial charge in [0.05, 0.1) is 24.5 Å². The Morgan fingerprint density at radius 1 is 1.33 bits per heavy atom. The Bertz CT molecular complexity index is 655.